The molecule has 0 spiro atoms. The molecule has 0 aromatic heterocycles. The number of nitrogens with one attached hydrogen (secondary N) is 1. The lowest BCUT2D eigenvalue weighted by atomic mass is 9.87. The summed E-state index contributed by atoms with van der Waals surface area (Å²) in [7, 11) is 0. The van der Waals surface area contributed by atoms with E-state index < -0.39 is 0 Å². The summed E-state index contributed by atoms with van der Waals surface area (Å²) in [5.74, 6) is 0. The van der Waals surface area contributed by atoms with E-state index in [1.807, 2.05) is 0 Å². The van der Waals surface area contributed by atoms with Gasteiger partial charge in [-0.15, -0.1) is 0 Å². The molecule has 2 rings (SSSR count). The van der Waals surface area contributed by atoms with Gasteiger partial charge in [0.25, 0.3) is 0 Å². The fourth-order valence-corrected chi connectivity index (χ4v) is 2.77. The van der Waals surface area contributed by atoms with Crippen LogP contribution in [0.1, 0.15) is 40.2 Å². The van der Waals surface area contributed by atoms with Crippen molar-refractivity contribution in [3.8, 4) is 0 Å². The molecule has 2 nitrogen and oxygen atoms in total. The lowest BCUT2D eigenvalue weighted by Gasteiger charge is -2.41. The molecule has 1 aromatic carbocycles. The molecule has 2 heteroatoms. The molecule has 18 heavy (non-hydrogen) atoms. The normalized spacial score (nSPS) is 25.3. The lowest BCUT2D eigenvalue weighted by molar-refractivity contribution is 0.432. The van der Waals surface area contributed by atoms with Crippen molar-refractivity contribution in [3.63, 3.8) is 0 Å². The van der Waals surface area contributed by atoms with Crippen LogP contribution < -0.4 is 10.2 Å². The zero-order valence-corrected chi connectivity index (χ0v) is 12.3. The SMILES string of the molecule is CC1CNCC(C)N1c1ccc(C(C)(C)C)cc1. The van der Waals surface area contributed by atoms with E-state index in [1.165, 1.54) is 11.3 Å². The average molecular weight is 246 g/mol. The van der Waals surface area contributed by atoms with Gasteiger partial charge in [0.05, 0.1) is 0 Å². The predicted molar refractivity (Wildman–Crippen MR) is 79.4 cm³/mol. The maximum Gasteiger partial charge on any atom is 0.0389 e. The maximum absolute atomic E-state index is 3.48. The van der Waals surface area contributed by atoms with Crippen LogP contribution in [0.3, 0.4) is 0 Å². The van der Waals surface area contributed by atoms with E-state index in [-0.39, 0.29) is 5.41 Å². The van der Waals surface area contributed by atoms with Gasteiger partial charge in [0, 0.05) is 30.9 Å². The molecule has 2 unspecified atom stereocenters. The summed E-state index contributed by atoms with van der Waals surface area (Å²) in [5.41, 5.74) is 2.99. The number of benzene rings is 1. The molecule has 0 radical (unpaired) electrons. The Morgan fingerprint density at radius 1 is 1.00 bits per heavy atom. The average Bonchev–Trinajstić information content (AvgIpc) is 2.28. The van der Waals surface area contributed by atoms with E-state index >= 15 is 0 Å². The first kappa shape index (κ1) is 13.4. The third kappa shape index (κ3) is 2.69. The van der Waals surface area contributed by atoms with Crippen molar-refractivity contribution in [1.29, 1.82) is 0 Å². The van der Waals surface area contributed by atoms with Gasteiger partial charge < -0.3 is 10.2 Å². The molecule has 0 aliphatic carbocycles. The number of rotatable bonds is 1. The van der Waals surface area contributed by atoms with E-state index in [4.69, 9.17) is 0 Å². The Balaban J connectivity index is 2.23. The monoisotopic (exact) mass is 246 g/mol. The minimum atomic E-state index is 0.235. The van der Waals surface area contributed by atoms with Crippen molar-refractivity contribution in [2.24, 2.45) is 0 Å². The van der Waals surface area contributed by atoms with E-state index in [0.717, 1.165) is 13.1 Å². The summed E-state index contributed by atoms with van der Waals surface area (Å²) in [4.78, 5) is 2.53. The fraction of sp³-hybridized carbons (Fsp3) is 0.625. The Hall–Kier alpha value is -1.02. The minimum Gasteiger partial charge on any atom is -0.364 e. The van der Waals surface area contributed by atoms with Gasteiger partial charge in [-0.2, -0.15) is 0 Å². The lowest BCUT2D eigenvalue weighted by Crippen LogP contribution is -2.55. The summed E-state index contributed by atoms with van der Waals surface area (Å²) in [5, 5.41) is 3.48. The molecule has 1 saturated heterocycles. The second-order valence-corrected chi connectivity index (χ2v) is 6.56. The van der Waals surface area contributed by atoms with Crippen molar-refractivity contribution in [3.05, 3.63) is 29.8 Å². The molecule has 1 aliphatic heterocycles. The zero-order valence-electron chi connectivity index (χ0n) is 12.3. The molecule has 100 valence electrons. The van der Waals surface area contributed by atoms with Gasteiger partial charge >= 0.3 is 0 Å². The first-order chi connectivity index (χ1) is 8.39. The topological polar surface area (TPSA) is 15.3 Å². The highest BCUT2D eigenvalue weighted by Crippen LogP contribution is 2.27. The zero-order chi connectivity index (χ0) is 13.3. The minimum absolute atomic E-state index is 0.235. The quantitative estimate of drug-likeness (QED) is 0.819. The Morgan fingerprint density at radius 3 is 1.94 bits per heavy atom. The van der Waals surface area contributed by atoms with E-state index in [9.17, 15) is 0 Å². The Labute approximate surface area is 111 Å². The third-order valence-electron chi connectivity index (χ3n) is 3.86. The second-order valence-electron chi connectivity index (χ2n) is 6.56. The van der Waals surface area contributed by atoms with Crippen LogP contribution in [-0.4, -0.2) is 25.2 Å². The largest absolute Gasteiger partial charge is 0.364 e. The molecular formula is C16H26N2. The predicted octanol–water partition coefficient (Wildman–Crippen LogP) is 3.17. The molecular weight excluding hydrogens is 220 g/mol. The summed E-state index contributed by atoms with van der Waals surface area (Å²) >= 11 is 0. The molecule has 1 aliphatic rings. The molecule has 0 saturated carbocycles. The van der Waals surface area contributed by atoms with Crippen molar-refractivity contribution in [1.82, 2.24) is 5.32 Å². The summed E-state index contributed by atoms with van der Waals surface area (Å²) in [6.45, 7) is 13.5. The molecule has 1 heterocycles. The maximum atomic E-state index is 3.48. The van der Waals surface area contributed by atoms with E-state index in [0.29, 0.717) is 12.1 Å². The number of nitrogens with zero attached hydrogens (tertiary/aromatic N) is 1. The van der Waals surface area contributed by atoms with Crippen LogP contribution in [0, 0.1) is 0 Å². The smallest absolute Gasteiger partial charge is 0.0389 e. The van der Waals surface area contributed by atoms with Gasteiger partial charge in [-0.05, 0) is 37.0 Å². The number of hydrogen-bond donors (Lipinski definition) is 1. The highest BCUT2D eigenvalue weighted by Gasteiger charge is 2.24. The summed E-state index contributed by atoms with van der Waals surface area (Å²) < 4.78 is 0. The molecule has 1 fully saturated rings. The Morgan fingerprint density at radius 2 is 1.50 bits per heavy atom. The summed E-state index contributed by atoms with van der Waals surface area (Å²) in [6.07, 6.45) is 0. The van der Waals surface area contributed by atoms with E-state index in [2.05, 4.69) is 69.1 Å². The van der Waals surface area contributed by atoms with Gasteiger partial charge in [-0.25, -0.2) is 0 Å². The Bertz CT molecular complexity index is 379. The molecule has 0 bridgehead atoms. The van der Waals surface area contributed by atoms with Crippen LogP contribution in [0.15, 0.2) is 24.3 Å². The summed E-state index contributed by atoms with van der Waals surface area (Å²) in [6, 6.07) is 10.2. The highest BCUT2D eigenvalue weighted by molar-refractivity contribution is 5.51. The second kappa shape index (κ2) is 4.93. The highest BCUT2D eigenvalue weighted by atomic mass is 15.2. The van der Waals surface area contributed by atoms with Crippen LogP contribution in [0.2, 0.25) is 0 Å². The van der Waals surface area contributed by atoms with Gasteiger partial charge in [0.1, 0.15) is 0 Å². The fourth-order valence-electron chi connectivity index (χ4n) is 2.77. The number of anilines is 1. The molecule has 1 aromatic rings. The first-order valence-electron chi connectivity index (χ1n) is 6.99. The van der Waals surface area contributed by atoms with Crippen LogP contribution in [-0.2, 0) is 5.41 Å². The first-order valence-corrected chi connectivity index (χ1v) is 6.99. The molecule has 0 amide bonds. The van der Waals surface area contributed by atoms with Gasteiger partial charge in [-0.1, -0.05) is 32.9 Å². The molecule has 1 N–H and O–H groups in total. The number of hydrogen-bond acceptors (Lipinski definition) is 2. The van der Waals surface area contributed by atoms with Crippen LogP contribution in [0.4, 0.5) is 5.69 Å². The van der Waals surface area contributed by atoms with Gasteiger partial charge in [0.2, 0.25) is 0 Å². The van der Waals surface area contributed by atoms with Crippen molar-refractivity contribution >= 4 is 5.69 Å². The van der Waals surface area contributed by atoms with Crippen LogP contribution >= 0.6 is 0 Å². The van der Waals surface area contributed by atoms with E-state index in [1.54, 1.807) is 0 Å². The standard InChI is InChI=1S/C16H26N2/c1-12-10-17-11-13(2)18(12)15-8-6-14(7-9-15)16(3,4)5/h6-9,12-13,17H,10-11H2,1-5H3. The van der Waals surface area contributed by atoms with Crippen LogP contribution in [0.25, 0.3) is 0 Å². The van der Waals surface area contributed by atoms with Crippen LogP contribution in [0.5, 0.6) is 0 Å². The van der Waals surface area contributed by atoms with Gasteiger partial charge in [-0.3, -0.25) is 0 Å². The third-order valence-corrected chi connectivity index (χ3v) is 3.86. The molecule has 2 atom stereocenters. The van der Waals surface area contributed by atoms with Crippen molar-refractivity contribution in [2.45, 2.75) is 52.1 Å². The van der Waals surface area contributed by atoms with Crippen molar-refractivity contribution in [2.75, 3.05) is 18.0 Å². The van der Waals surface area contributed by atoms with Gasteiger partial charge in [0.15, 0.2) is 0 Å². The Kier molecular flexibility index (Phi) is 3.67. The number of piperazine rings is 1. The van der Waals surface area contributed by atoms with Crippen molar-refractivity contribution < 1.29 is 0 Å².